The SMILES string of the molecule is CN=C(NCCCOC(C)C)N1CCC(COC)C1. The highest BCUT2D eigenvalue weighted by Crippen LogP contribution is 2.16. The van der Waals surface area contributed by atoms with Gasteiger partial charge in [0.25, 0.3) is 0 Å². The van der Waals surface area contributed by atoms with Gasteiger partial charge in [-0.3, -0.25) is 4.99 Å². The van der Waals surface area contributed by atoms with Crippen LogP contribution < -0.4 is 5.32 Å². The van der Waals surface area contributed by atoms with E-state index in [-0.39, 0.29) is 0 Å². The molecule has 0 aromatic heterocycles. The van der Waals surface area contributed by atoms with Gasteiger partial charge >= 0.3 is 0 Å². The molecule has 112 valence electrons. The number of hydrogen-bond donors (Lipinski definition) is 1. The molecule has 1 aliphatic heterocycles. The van der Waals surface area contributed by atoms with E-state index < -0.39 is 0 Å². The highest BCUT2D eigenvalue weighted by Gasteiger charge is 2.24. The molecule has 0 aliphatic carbocycles. The normalized spacial score (nSPS) is 20.4. The van der Waals surface area contributed by atoms with Crippen LogP contribution >= 0.6 is 0 Å². The lowest BCUT2D eigenvalue weighted by Crippen LogP contribution is -2.40. The first-order chi connectivity index (χ1) is 9.17. The summed E-state index contributed by atoms with van der Waals surface area (Å²) in [4.78, 5) is 6.66. The van der Waals surface area contributed by atoms with Crippen molar-refractivity contribution in [2.24, 2.45) is 10.9 Å². The molecule has 19 heavy (non-hydrogen) atoms. The standard InChI is InChI=1S/C14H29N3O2/c1-12(2)19-9-5-7-16-14(15-3)17-8-6-13(10-17)11-18-4/h12-13H,5-11H2,1-4H3,(H,15,16). The van der Waals surface area contributed by atoms with E-state index in [1.165, 1.54) is 6.42 Å². The zero-order valence-corrected chi connectivity index (χ0v) is 12.8. The summed E-state index contributed by atoms with van der Waals surface area (Å²) >= 11 is 0. The van der Waals surface area contributed by atoms with Gasteiger partial charge in [-0.15, -0.1) is 0 Å². The van der Waals surface area contributed by atoms with E-state index in [2.05, 4.69) is 29.1 Å². The summed E-state index contributed by atoms with van der Waals surface area (Å²) < 4.78 is 10.7. The number of hydrogen-bond acceptors (Lipinski definition) is 3. The Hall–Kier alpha value is -0.810. The second-order valence-corrected chi connectivity index (χ2v) is 5.30. The second-order valence-electron chi connectivity index (χ2n) is 5.30. The zero-order chi connectivity index (χ0) is 14.1. The zero-order valence-electron chi connectivity index (χ0n) is 12.8. The molecule has 0 saturated carbocycles. The van der Waals surface area contributed by atoms with E-state index in [1.54, 1.807) is 7.11 Å². The van der Waals surface area contributed by atoms with Crippen LogP contribution in [0.3, 0.4) is 0 Å². The number of aliphatic imine (C=N–C) groups is 1. The predicted molar refractivity (Wildman–Crippen MR) is 78.6 cm³/mol. The van der Waals surface area contributed by atoms with Crippen LogP contribution in [-0.4, -0.2) is 64.0 Å². The Bertz CT molecular complexity index is 269. The summed E-state index contributed by atoms with van der Waals surface area (Å²) in [6, 6.07) is 0. The highest BCUT2D eigenvalue weighted by atomic mass is 16.5. The molecular weight excluding hydrogens is 242 g/mol. The Kier molecular flexibility index (Phi) is 7.82. The third-order valence-electron chi connectivity index (χ3n) is 3.25. The smallest absolute Gasteiger partial charge is 0.193 e. The molecule has 0 bridgehead atoms. The van der Waals surface area contributed by atoms with Crippen LogP contribution in [0.1, 0.15) is 26.7 Å². The van der Waals surface area contributed by atoms with E-state index >= 15 is 0 Å². The first-order valence-electron chi connectivity index (χ1n) is 7.23. The molecule has 1 aliphatic rings. The third-order valence-corrected chi connectivity index (χ3v) is 3.25. The molecule has 1 saturated heterocycles. The van der Waals surface area contributed by atoms with E-state index in [4.69, 9.17) is 9.47 Å². The van der Waals surface area contributed by atoms with Gasteiger partial charge in [0.05, 0.1) is 12.7 Å². The number of nitrogens with one attached hydrogen (secondary N) is 1. The van der Waals surface area contributed by atoms with Crippen molar-refractivity contribution in [2.75, 3.05) is 47.0 Å². The van der Waals surface area contributed by atoms with Gasteiger partial charge in [-0.05, 0) is 26.7 Å². The van der Waals surface area contributed by atoms with Gasteiger partial charge in [0.2, 0.25) is 0 Å². The van der Waals surface area contributed by atoms with Crippen LogP contribution in [0.4, 0.5) is 0 Å². The lowest BCUT2D eigenvalue weighted by Gasteiger charge is -2.21. The topological polar surface area (TPSA) is 46.1 Å². The maximum atomic E-state index is 5.52. The van der Waals surface area contributed by atoms with Gasteiger partial charge in [-0.25, -0.2) is 0 Å². The largest absolute Gasteiger partial charge is 0.384 e. The molecule has 5 nitrogen and oxygen atoms in total. The Balaban J connectivity index is 2.20. The van der Waals surface area contributed by atoms with Crippen LogP contribution in [0.2, 0.25) is 0 Å². The van der Waals surface area contributed by atoms with Crippen LogP contribution in [0, 0.1) is 5.92 Å². The predicted octanol–water partition coefficient (Wildman–Crippen LogP) is 1.35. The van der Waals surface area contributed by atoms with Gasteiger partial charge < -0.3 is 19.7 Å². The molecule has 0 aromatic carbocycles. The summed E-state index contributed by atoms with van der Waals surface area (Å²) in [6.45, 7) is 8.78. The number of methoxy groups -OCH3 is 1. The van der Waals surface area contributed by atoms with Gasteiger partial charge in [0.1, 0.15) is 0 Å². The van der Waals surface area contributed by atoms with Gasteiger partial charge in [0, 0.05) is 46.3 Å². The fourth-order valence-corrected chi connectivity index (χ4v) is 2.32. The first-order valence-corrected chi connectivity index (χ1v) is 7.23. The van der Waals surface area contributed by atoms with E-state index in [0.717, 1.165) is 45.2 Å². The molecule has 0 spiro atoms. The summed E-state index contributed by atoms with van der Waals surface area (Å²) in [6.07, 6.45) is 2.50. The Labute approximate surface area is 117 Å². The molecule has 1 heterocycles. The van der Waals surface area contributed by atoms with Gasteiger partial charge in [0.15, 0.2) is 5.96 Å². The molecule has 1 rings (SSSR count). The molecule has 0 amide bonds. The number of likely N-dealkylation sites (tertiary alicyclic amines) is 1. The minimum absolute atomic E-state index is 0.313. The number of rotatable bonds is 7. The lowest BCUT2D eigenvalue weighted by atomic mass is 10.1. The van der Waals surface area contributed by atoms with Crippen molar-refractivity contribution in [3.05, 3.63) is 0 Å². The van der Waals surface area contributed by atoms with Crippen molar-refractivity contribution in [3.8, 4) is 0 Å². The maximum Gasteiger partial charge on any atom is 0.193 e. The molecule has 1 fully saturated rings. The average Bonchev–Trinajstić information content (AvgIpc) is 2.82. The highest BCUT2D eigenvalue weighted by molar-refractivity contribution is 5.80. The second kappa shape index (κ2) is 9.15. The Morgan fingerprint density at radius 3 is 2.89 bits per heavy atom. The van der Waals surface area contributed by atoms with Crippen molar-refractivity contribution in [2.45, 2.75) is 32.8 Å². The van der Waals surface area contributed by atoms with E-state index in [1.807, 2.05) is 7.05 Å². The van der Waals surface area contributed by atoms with Crippen LogP contribution in [0.5, 0.6) is 0 Å². The molecule has 1 unspecified atom stereocenters. The van der Waals surface area contributed by atoms with Crippen molar-refractivity contribution in [1.29, 1.82) is 0 Å². The fraction of sp³-hybridized carbons (Fsp3) is 0.929. The van der Waals surface area contributed by atoms with Gasteiger partial charge in [-0.1, -0.05) is 0 Å². The number of guanidine groups is 1. The first kappa shape index (κ1) is 16.2. The summed E-state index contributed by atoms with van der Waals surface area (Å²) in [5.41, 5.74) is 0. The quantitative estimate of drug-likeness (QED) is 0.431. The van der Waals surface area contributed by atoms with Crippen molar-refractivity contribution in [1.82, 2.24) is 10.2 Å². The summed E-state index contributed by atoms with van der Waals surface area (Å²) in [7, 11) is 3.61. The Morgan fingerprint density at radius 2 is 2.26 bits per heavy atom. The number of nitrogens with zero attached hydrogens (tertiary/aromatic N) is 2. The molecule has 1 N–H and O–H groups in total. The molecule has 0 radical (unpaired) electrons. The molecule has 1 atom stereocenters. The summed E-state index contributed by atoms with van der Waals surface area (Å²) in [5.74, 6) is 1.64. The number of ether oxygens (including phenoxy) is 2. The third kappa shape index (κ3) is 6.25. The minimum Gasteiger partial charge on any atom is -0.384 e. The minimum atomic E-state index is 0.313. The van der Waals surface area contributed by atoms with Gasteiger partial charge in [-0.2, -0.15) is 0 Å². The van der Waals surface area contributed by atoms with Crippen LogP contribution in [0.25, 0.3) is 0 Å². The molecular formula is C14H29N3O2. The summed E-state index contributed by atoms with van der Waals surface area (Å²) in [5, 5.41) is 3.40. The van der Waals surface area contributed by atoms with Crippen LogP contribution in [0.15, 0.2) is 4.99 Å². The van der Waals surface area contributed by atoms with Crippen LogP contribution in [-0.2, 0) is 9.47 Å². The van der Waals surface area contributed by atoms with E-state index in [9.17, 15) is 0 Å². The van der Waals surface area contributed by atoms with Crippen molar-refractivity contribution in [3.63, 3.8) is 0 Å². The van der Waals surface area contributed by atoms with Crippen molar-refractivity contribution < 1.29 is 9.47 Å². The monoisotopic (exact) mass is 271 g/mol. The fourth-order valence-electron chi connectivity index (χ4n) is 2.32. The molecule has 5 heteroatoms. The Morgan fingerprint density at radius 1 is 1.47 bits per heavy atom. The lowest BCUT2D eigenvalue weighted by molar-refractivity contribution is 0.0776. The maximum absolute atomic E-state index is 5.52. The van der Waals surface area contributed by atoms with E-state index in [0.29, 0.717) is 12.0 Å². The molecule has 0 aromatic rings. The van der Waals surface area contributed by atoms with Crippen molar-refractivity contribution >= 4 is 5.96 Å². The average molecular weight is 271 g/mol.